The van der Waals surface area contributed by atoms with E-state index in [0.717, 1.165) is 0 Å². The van der Waals surface area contributed by atoms with Crippen LogP contribution in [0.3, 0.4) is 0 Å². The number of nitrogens with zero attached hydrogens (tertiary/aromatic N) is 3. The molecular formula is C14H18N4O3. The number of hydrogen-bond acceptors (Lipinski definition) is 5. The molecule has 0 bridgehead atoms. The van der Waals surface area contributed by atoms with Gasteiger partial charge in [-0.25, -0.2) is 9.97 Å². The number of fused-ring (bicyclic) bond motifs is 1. The Morgan fingerprint density at radius 3 is 2.90 bits per heavy atom. The summed E-state index contributed by atoms with van der Waals surface area (Å²) in [5.74, 6) is -0.0940. The zero-order valence-electron chi connectivity index (χ0n) is 11.9. The summed E-state index contributed by atoms with van der Waals surface area (Å²) in [6.07, 6.45) is 5.04. The van der Waals surface area contributed by atoms with Crippen LogP contribution in [0.15, 0.2) is 18.7 Å². The molecule has 2 amide bonds. The highest BCUT2D eigenvalue weighted by atomic mass is 16.5. The molecule has 0 aliphatic carbocycles. The second-order valence-corrected chi connectivity index (χ2v) is 5.57. The number of nitrogens with one attached hydrogen (secondary N) is 1. The van der Waals surface area contributed by atoms with Gasteiger partial charge in [0.2, 0.25) is 5.91 Å². The van der Waals surface area contributed by atoms with Crippen LogP contribution in [-0.4, -0.2) is 60.0 Å². The van der Waals surface area contributed by atoms with Crippen molar-refractivity contribution in [3.8, 4) is 0 Å². The Hall–Kier alpha value is -2.02. The molecule has 112 valence electrons. The van der Waals surface area contributed by atoms with E-state index in [9.17, 15) is 9.59 Å². The van der Waals surface area contributed by atoms with Gasteiger partial charge in [0.15, 0.2) is 0 Å². The fourth-order valence-electron chi connectivity index (χ4n) is 3.32. The number of carbonyl (C=O) groups excluding carboxylic acids is 2. The maximum absolute atomic E-state index is 12.5. The molecule has 0 saturated carbocycles. The normalized spacial score (nSPS) is 28.0. The van der Waals surface area contributed by atoms with E-state index in [-0.39, 0.29) is 17.7 Å². The summed E-state index contributed by atoms with van der Waals surface area (Å²) in [6.45, 7) is 2.03. The lowest BCUT2D eigenvalue weighted by Crippen LogP contribution is -2.49. The number of hydrogen-bond donors (Lipinski definition) is 1. The highest BCUT2D eigenvalue weighted by Crippen LogP contribution is 2.42. The molecule has 21 heavy (non-hydrogen) atoms. The van der Waals surface area contributed by atoms with E-state index in [1.807, 2.05) is 0 Å². The van der Waals surface area contributed by atoms with Crippen LogP contribution in [0.1, 0.15) is 16.8 Å². The molecule has 3 rings (SSSR count). The number of rotatable bonds is 2. The minimum Gasteiger partial charge on any atom is -0.381 e. The highest BCUT2D eigenvalue weighted by Gasteiger charge is 2.54. The molecule has 2 fully saturated rings. The second-order valence-electron chi connectivity index (χ2n) is 5.57. The molecule has 0 aromatic carbocycles. The first kappa shape index (κ1) is 13.9. The lowest BCUT2D eigenvalue weighted by Gasteiger charge is -2.36. The van der Waals surface area contributed by atoms with Crippen molar-refractivity contribution in [1.29, 1.82) is 0 Å². The van der Waals surface area contributed by atoms with Crippen molar-refractivity contribution >= 4 is 11.8 Å². The topological polar surface area (TPSA) is 84.4 Å². The molecule has 1 N–H and O–H groups in total. The summed E-state index contributed by atoms with van der Waals surface area (Å²) < 4.78 is 5.49. The van der Waals surface area contributed by atoms with Gasteiger partial charge in [0.25, 0.3) is 5.91 Å². The quantitative estimate of drug-likeness (QED) is 0.808. The van der Waals surface area contributed by atoms with Crippen LogP contribution in [0.5, 0.6) is 0 Å². The van der Waals surface area contributed by atoms with E-state index in [2.05, 4.69) is 15.3 Å². The van der Waals surface area contributed by atoms with Gasteiger partial charge in [0.1, 0.15) is 6.33 Å². The van der Waals surface area contributed by atoms with Gasteiger partial charge in [0, 0.05) is 45.1 Å². The van der Waals surface area contributed by atoms with Gasteiger partial charge >= 0.3 is 0 Å². The van der Waals surface area contributed by atoms with Crippen molar-refractivity contribution in [2.75, 3.05) is 33.4 Å². The van der Waals surface area contributed by atoms with E-state index in [4.69, 9.17) is 4.74 Å². The lowest BCUT2D eigenvalue weighted by atomic mass is 9.73. The Balaban J connectivity index is 1.84. The van der Waals surface area contributed by atoms with Crippen LogP contribution in [0.2, 0.25) is 0 Å². The number of amides is 2. The van der Waals surface area contributed by atoms with Crippen molar-refractivity contribution in [3.63, 3.8) is 0 Å². The minimum absolute atomic E-state index is 0.00425. The third-order valence-electron chi connectivity index (χ3n) is 4.48. The van der Waals surface area contributed by atoms with E-state index in [0.29, 0.717) is 38.3 Å². The number of aromatic nitrogens is 2. The summed E-state index contributed by atoms with van der Waals surface area (Å²) in [4.78, 5) is 34.3. The third kappa shape index (κ3) is 2.27. The molecule has 7 nitrogen and oxygen atoms in total. The van der Waals surface area contributed by atoms with Crippen LogP contribution in [0, 0.1) is 11.3 Å². The lowest BCUT2D eigenvalue weighted by molar-refractivity contribution is -0.138. The fourth-order valence-corrected chi connectivity index (χ4v) is 3.32. The molecule has 1 aromatic rings. The first-order chi connectivity index (χ1) is 10.2. The van der Waals surface area contributed by atoms with Crippen molar-refractivity contribution < 1.29 is 14.3 Å². The summed E-state index contributed by atoms with van der Waals surface area (Å²) in [6, 6.07) is 0. The van der Waals surface area contributed by atoms with Gasteiger partial charge in [-0.15, -0.1) is 0 Å². The average molecular weight is 290 g/mol. The van der Waals surface area contributed by atoms with Crippen molar-refractivity contribution in [3.05, 3.63) is 24.3 Å². The number of ether oxygens (including phenoxy) is 1. The molecule has 0 spiro atoms. The molecule has 1 aromatic heterocycles. The molecule has 3 heterocycles. The molecule has 2 aliphatic rings. The van der Waals surface area contributed by atoms with Crippen LogP contribution in [-0.2, 0) is 9.53 Å². The zero-order chi connectivity index (χ0) is 14.9. The molecule has 2 atom stereocenters. The Labute approximate surface area is 122 Å². The molecule has 2 saturated heterocycles. The van der Waals surface area contributed by atoms with Crippen molar-refractivity contribution in [2.24, 2.45) is 11.3 Å². The van der Waals surface area contributed by atoms with E-state index < -0.39 is 5.41 Å². The monoisotopic (exact) mass is 290 g/mol. The summed E-state index contributed by atoms with van der Waals surface area (Å²) in [5, 5.41) is 2.74. The van der Waals surface area contributed by atoms with Gasteiger partial charge in [0.05, 0.1) is 17.6 Å². The van der Waals surface area contributed by atoms with Crippen molar-refractivity contribution in [1.82, 2.24) is 20.2 Å². The van der Waals surface area contributed by atoms with Crippen LogP contribution in [0.25, 0.3) is 0 Å². The molecule has 0 radical (unpaired) electrons. The first-order valence-corrected chi connectivity index (χ1v) is 7.01. The van der Waals surface area contributed by atoms with E-state index in [1.54, 1.807) is 11.9 Å². The van der Waals surface area contributed by atoms with E-state index in [1.165, 1.54) is 18.7 Å². The largest absolute Gasteiger partial charge is 0.381 e. The van der Waals surface area contributed by atoms with Crippen LogP contribution >= 0.6 is 0 Å². The smallest absolute Gasteiger partial charge is 0.257 e. The Morgan fingerprint density at radius 2 is 2.19 bits per heavy atom. The second kappa shape index (κ2) is 5.40. The van der Waals surface area contributed by atoms with Crippen LogP contribution < -0.4 is 5.32 Å². The average Bonchev–Trinajstić information content (AvgIpc) is 2.95. The molecule has 7 heteroatoms. The van der Waals surface area contributed by atoms with Crippen molar-refractivity contribution in [2.45, 2.75) is 6.42 Å². The Morgan fingerprint density at radius 1 is 1.43 bits per heavy atom. The van der Waals surface area contributed by atoms with Gasteiger partial charge in [-0.3, -0.25) is 9.59 Å². The predicted molar refractivity (Wildman–Crippen MR) is 73.4 cm³/mol. The number of likely N-dealkylation sites (tertiary alicyclic amines) is 1. The number of carbonyl (C=O) groups is 2. The van der Waals surface area contributed by atoms with Gasteiger partial charge < -0.3 is 15.0 Å². The molecular weight excluding hydrogens is 272 g/mol. The maximum Gasteiger partial charge on any atom is 0.257 e. The summed E-state index contributed by atoms with van der Waals surface area (Å²) in [7, 11) is 1.64. The van der Waals surface area contributed by atoms with Crippen LogP contribution in [0.4, 0.5) is 0 Å². The first-order valence-electron chi connectivity index (χ1n) is 7.01. The third-order valence-corrected chi connectivity index (χ3v) is 4.48. The summed E-state index contributed by atoms with van der Waals surface area (Å²) >= 11 is 0. The zero-order valence-corrected chi connectivity index (χ0v) is 11.9. The Bertz CT molecular complexity index is 550. The van der Waals surface area contributed by atoms with Gasteiger partial charge in [-0.05, 0) is 6.42 Å². The van der Waals surface area contributed by atoms with Gasteiger partial charge in [-0.1, -0.05) is 0 Å². The highest BCUT2D eigenvalue weighted by molar-refractivity contribution is 5.95. The minimum atomic E-state index is -0.529. The summed E-state index contributed by atoms with van der Waals surface area (Å²) in [5.41, 5.74) is -0.0812. The molecule has 0 unspecified atom stereocenters. The standard InChI is InChI=1S/C14H18N4O3/c1-15-13(20)14-2-3-21-7-11(14)6-18(8-14)12(19)10-4-16-9-17-5-10/h4-5,9,11H,2-3,6-8H2,1H3,(H,15,20)/t11-,14+/m1/s1. The maximum atomic E-state index is 12.5. The molecule has 2 aliphatic heterocycles. The van der Waals surface area contributed by atoms with Gasteiger partial charge in [-0.2, -0.15) is 0 Å². The SMILES string of the molecule is CNC(=O)[C@]12CCOC[C@H]1CN(C(=O)c1cncnc1)C2. The predicted octanol–water partition coefficient (Wildman–Crippen LogP) is -0.299. The fraction of sp³-hybridized carbons (Fsp3) is 0.571. The Kier molecular flexibility index (Phi) is 3.59. The van der Waals surface area contributed by atoms with E-state index >= 15 is 0 Å².